The molecular formula is C22H22N2O5. The van der Waals surface area contributed by atoms with Crippen molar-refractivity contribution in [3.63, 3.8) is 0 Å². The number of rotatable bonds is 5. The van der Waals surface area contributed by atoms with Gasteiger partial charge >= 0.3 is 5.97 Å². The Balaban J connectivity index is 1.43. The summed E-state index contributed by atoms with van der Waals surface area (Å²) in [6.07, 6.45) is 1.38. The average Bonchev–Trinajstić information content (AvgIpc) is 3.17. The van der Waals surface area contributed by atoms with E-state index >= 15 is 0 Å². The maximum absolute atomic E-state index is 12.7. The van der Waals surface area contributed by atoms with E-state index in [4.69, 9.17) is 4.74 Å². The summed E-state index contributed by atoms with van der Waals surface area (Å²) in [6.45, 7) is 0.984. The standard InChI is InChI=1S/C22H22N2O5/c25-20-9-4-10-24(20)16-6-3-7-17(11-16)29-14-21(26)23-12-15-5-1-2-8-18(15)19(13-23)22(27)28/h1-3,5-8,11,19H,4,9-10,12-14H2,(H,27,28). The lowest BCUT2D eigenvalue weighted by molar-refractivity contribution is -0.142. The molecule has 0 aromatic heterocycles. The van der Waals surface area contributed by atoms with E-state index in [1.165, 1.54) is 4.90 Å². The average molecular weight is 394 g/mol. The van der Waals surface area contributed by atoms with E-state index < -0.39 is 11.9 Å². The number of fused-ring (bicyclic) bond motifs is 1. The number of amides is 2. The first kappa shape index (κ1) is 19.0. The molecule has 150 valence electrons. The van der Waals surface area contributed by atoms with Gasteiger partial charge < -0.3 is 19.6 Å². The molecule has 2 aromatic carbocycles. The third-order valence-electron chi connectivity index (χ3n) is 5.41. The number of anilines is 1. The number of carboxylic acid groups (broad SMARTS) is 1. The summed E-state index contributed by atoms with van der Waals surface area (Å²) < 4.78 is 5.66. The number of carboxylic acids is 1. The molecular weight excluding hydrogens is 372 g/mol. The second kappa shape index (κ2) is 7.95. The Morgan fingerprint density at radius 3 is 2.72 bits per heavy atom. The molecule has 1 fully saturated rings. The van der Waals surface area contributed by atoms with Crippen LogP contribution in [0.5, 0.6) is 5.75 Å². The van der Waals surface area contributed by atoms with E-state index in [9.17, 15) is 19.5 Å². The summed E-state index contributed by atoms with van der Waals surface area (Å²) >= 11 is 0. The lowest BCUT2D eigenvalue weighted by Gasteiger charge is -2.32. The highest BCUT2D eigenvalue weighted by molar-refractivity contribution is 5.95. The number of carbonyl (C=O) groups is 3. The molecule has 4 rings (SSSR count). The van der Waals surface area contributed by atoms with Crippen LogP contribution < -0.4 is 9.64 Å². The van der Waals surface area contributed by atoms with Crippen molar-refractivity contribution >= 4 is 23.5 Å². The Hall–Kier alpha value is -3.35. The van der Waals surface area contributed by atoms with Gasteiger partial charge in [0, 0.05) is 37.8 Å². The molecule has 2 heterocycles. The first-order chi connectivity index (χ1) is 14.0. The van der Waals surface area contributed by atoms with Gasteiger partial charge in [0.2, 0.25) is 5.91 Å². The lowest BCUT2D eigenvalue weighted by Crippen LogP contribution is -2.42. The van der Waals surface area contributed by atoms with E-state index in [0.717, 1.165) is 23.2 Å². The van der Waals surface area contributed by atoms with E-state index in [-0.39, 0.29) is 25.0 Å². The van der Waals surface area contributed by atoms with Crippen LogP contribution in [0, 0.1) is 0 Å². The Kier molecular flexibility index (Phi) is 5.20. The topological polar surface area (TPSA) is 87.2 Å². The van der Waals surface area contributed by atoms with Gasteiger partial charge in [-0.1, -0.05) is 30.3 Å². The van der Waals surface area contributed by atoms with Gasteiger partial charge in [-0.15, -0.1) is 0 Å². The molecule has 2 amide bonds. The van der Waals surface area contributed by atoms with Crippen LogP contribution in [0.25, 0.3) is 0 Å². The fourth-order valence-electron chi connectivity index (χ4n) is 3.91. The minimum Gasteiger partial charge on any atom is -0.484 e. The van der Waals surface area contributed by atoms with Crippen LogP contribution in [0.15, 0.2) is 48.5 Å². The second-order valence-corrected chi connectivity index (χ2v) is 7.30. The fraction of sp³-hybridized carbons (Fsp3) is 0.318. The summed E-state index contributed by atoms with van der Waals surface area (Å²) in [7, 11) is 0. The number of benzene rings is 2. The molecule has 1 unspecified atom stereocenters. The Morgan fingerprint density at radius 1 is 1.14 bits per heavy atom. The molecule has 0 saturated carbocycles. The number of nitrogens with zero attached hydrogens (tertiary/aromatic N) is 2. The van der Waals surface area contributed by atoms with Crippen molar-refractivity contribution in [2.24, 2.45) is 0 Å². The molecule has 1 atom stereocenters. The molecule has 7 nitrogen and oxygen atoms in total. The number of carbonyl (C=O) groups excluding carboxylic acids is 2. The Labute approximate surface area is 168 Å². The maximum Gasteiger partial charge on any atom is 0.312 e. The highest BCUT2D eigenvalue weighted by Crippen LogP contribution is 2.29. The summed E-state index contributed by atoms with van der Waals surface area (Å²) in [4.78, 5) is 39.5. The van der Waals surface area contributed by atoms with Crippen molar-refractivity contribution < 1.29 is 24.2 Å². The normalized spacial score (nSPS) is 18.5. The largest absolute Gasteiger partial charge is 0.484 e. The zero-order valence-electron chi connectivity index (χ0n) is 15.9. The third kappa shape index (κ3) is 3.94. The molecule has 29 heavy (non-hydrogen) atoms. The highest BCUT2D eigenvalue weighted by Gasteiger charge is 2.32. The summed E-state index contributed by atoms with van der Waals surface area (Å²) in [5.41, 5.74) is 2.36. The van der Waals surface area contributed by atoms with Crippen LogP contribution in [-0.2, 0) is 20.9 Å². The third-order valence-corrected chi connectivity index (χ3v) is 5.41. The Morgan fingerprint density at radius 2 is 1.97 bits per heavy atom. The second-order valence-electron chi connectivity index (χ2n) is 7.30. The zero-order valence-corrected chi connectivity index (χ0v) is 15.9. The molecule has 0 bridgehead atoms. The fourth-order valence-corrected chi connectivity index (χ4v) is 3.91. The molecule has 0 spiro atoms. The van der Waals surface area contributed by atoms with E-state index in [1.54, 1.807) is 29.2 Å². The van der Waals surface area contributed by atoms with Crippen molar-refractivity contribution in [1.82, 2.24) is 4.90 Å². The van der Waals surface area contributed by atoms with Gasteiger partial charge in [0.1, 0.15) is 5.75 Å². The van der Waals surface area contributed by atoms with Gasteiger partial charge in [-0.3, -0.25) is 14.4 Å². The molecule has 2 aliphatic heterocycles. The molecule has 2 aliphatic rings. The van der Waals surface area contributed by atoms with Gasteiger partial charge in [-0.2, -0.15) is 0 Å². The minimum absolute atomic E-state index is 0.0879. The van der Waals surface area contributed by atoms with Crippen LogP contribution in [0.1, 0.15) is 29.9 Å². The smallest absolute Gasteiger partial charge is 0.312 e. The van der Waals surface area contributed by atoms with Crippen LogP contribution in [-0.4, -0.2) is 47.5 Å². The van der Waals surface area contributed by atoms with Crippen LogP contribution in [0.4, 0.5) is 5.69 Å². The SMILES string of the molecule is O=C(O)C1CN(C(=O)COc2cccc(N3CCCC3=O)c2)Cc2ccccc21. The van der Waals surface area contributed by atoms with Crippen LogP contribution in [0.3, 0.4) is 0 Å². The Bertz CT molecular complexity index is 958. The number of hydrogen-bond donors (Lipinski definition) is 1. The highest BCUT2D eigenvalue weighted by atomic mass is 16.5. The number of ether oxygens (including phenoxy) is 1. The zero-order chi connectivity index (χ0) is 20.4. The molecule has 1 saturated heterocycles. The quantitative estimate of drug-likeness (QED) is 0.842. The van der Waals surface area contributed by atoms with Crippen molar-refractivity contribution in [3.8, 4) is 5.75 Å². The molecule has 2 aromatic rings. The number of hydrogen-bond acceptors (Lipinski definition) is 4. The molecule has 7 heteroatoms. The van der Waals surface area contributed by atoms with Crippen molar-refractivity contribution in [1.29, 1.82) is 0 Å². The predicted molar refractivity (Wildman–Crippen MR) is 106 cm³/mol. The monoisotopic (exact) mass is 394 g/mol. The van der Waals surface area contributed by atoms with Gasteiger partial charge in [0.05, 0.1) is 5.92 Å². The van der Waals surface area contributed by atoms with Gasteiger partial charge in [0.15, 0.2) is 6.61 Å². The van der Waals surface area contributed by atoms with Gasteiger partial charge in [-0.05, 0) is 29.7 Å². The van der Waals surface area contributed by atoms with Crippen LogP contribution >= 0.6 is 0 Å². The van der Waals surface area contributed by atoms with Crippen molar-refractivity contribution in [2.75, 3.05) is 24.6 Å². The van der Waals surface area contributed by atoms with E-state index in [2.05, 4.69) is 0 Å². The maximum atomic E-state index is 12.7. The van der Waals surface area contributed by atoms with Crippen molar-refractivity contribution in [3.05, 3.63) is 59.7 Å². The van der Waals surface area contributed by atoms with Crippen LogP contribution in [0.2, 0.25) is 0 Å². The molecule has 0 radical (unpaired) electrons. The summed E-state index contributed by atoms with van der Waals surface area (Å²) in [6, 6.07) is 14.4. The first-order valence-electron chi connectivity index (χ1n) is 9.64. The van der Waals surface area contributed by atoms with E-state index in [0.29, 0.717) is 25.3 Å². The van der Waals surface area contributed by atoms with Crippen molar-refractivity contribution in [2.45, 2.75) is 25.3 Å². The molecule has 1 N–H and O–H groups in total. The van der Waals surface area contributed by atoms with Gasteiger partial charge in [-0.25, -0.2) is 0 Å². The molecule has 0 aliphatic carbocycles. The lowest BCUT2D eigenvalue weighted by atomic mass is 9.90. The van der Waals surface area contributed by atoms with E-state index in [1.807, 2.05) is 24.3 Å². The summed E-state index contributed by atoms with van der Waals surface area (Å²) in [5, 5.41) is 9.55. The summed E-state index contributed by atoms with van der Waals surface area (Å²) in [5.74, 6) is -1.37. The first-order valence-corrected chi connectivity index (χ1v) is 9.64. The predicted octanol–water partition coefficient (Wildman–Crippen LogP) is 2.40. The number of aliphatic carboxylic acids is 1. The minimum atomic E-state index is -0.946. The van der Waals surface area contributed by atoms with Gasteiger partial charge in [0.25, 0.3) is 5.91 Å².